The number of thioether (sulfide) groups is 1. The number of carbonyl (C=O) groups is 2. The fourth-order valence-electron chi connectivity index (χ4n) is 2.31. The van der Waals surface area contributed by atoms with E-state index in [1.165, 1.54) is 6.92 Å². The van der Waals surface area contributed by atoms with Gasteiger partial charge in [0.05, 0.1) is 5.69 Å². The van der Waals surface area contributed by atoms with Gasteiger partial charge in [-0.3, -0.25) is 9.59 Å². The van der Waals surface area contributed by atoms with Crippen LogP contribution in [0.1, 0.15) is 36.5 Å². The molecule has 0 radical (unpaired) electrons. The summed E-state index contributed by atoms with van der Waals surface area (Å²) in [7, 11) is 0. The van der Waals surface area contributed by atoms with Crippen molar-refractivity contribution < 1.29 is 9.59 Å². The molecular formula is C15H19NO2S. The van der Waals surface area contributed by atoms with Crippen molar-refractivity contribution in [3.8, 4) is 0 Å². The van der Waals surface area contributed by atoms with Gasteiger partial charge in [-0.1, -0.05) is 12.1 Å². The highest BCUT2D eigenvalue weighted by Crippen LogP contribution is 2.26. The van der Waals surface area contributed by atoms with Crippen molar-refractivity contribution in [3.63, 3.8) is 0 Å². The molecule has 1 heterocycles. The number of amides is 1. The predicted octanol–water partition coefficient (Wildman–Crippen LogP) is 3.36. The Morgan fingerprint density at radius 3 is 2.63 bits per heavy atom. The summed E-state index contributed by atoms with van der Waals surface area (Å²) in [4.78, 5) is 23.5. The van der Waals surface area contributed by atoms with Gasteiger partial charge < -0.3 is 5.32 Å². The monoisotopic (exact) mass is 277 g/mol. The number of anilines is 1. The van der Waals surface area contributed by atoms with Crippen LogP contribution in [0, 0.1) is 5.92 Å². The third kappa shape index (κ3) is 4.10. The molecule has 0 spiro atoms. The molecule has 1 aromatic carbocycles. The van der Waals surface area contributed by atoms with E-state index in [1.807, 2.05) is 23.9 Å². The van der Waals surface area contributed by atoms with Crippen molar-refractivity contribution in [3.05, 3.63) is 29.8 Å². The summed E-state index contributed by atoms with van der Waals surface area (Å²) in [5.74, 6) is 2.80. The van der Waals surface area contributed by atoms with Crippen LogP contribution >= 0.6 is 11.8 Å². The molecule has 102 valence electrons. The lowest BCUT2D eigenvalue weighted by Gasteiger charge is -2.20. The number of benzene rings is 1. The molecule has 0 aromatic heterocycles. The van der Waals surface area contributed by atoms with Crippen LogP contribution in [0.15, 0.2) is 24.3 Å². The van der Waals surface area contributed by atoms with Crippen molar-refractivity contribution in [2.24, 2.45) is 5.92 Å². The van der Waals surface area contributed by atoms with Gasteiger partial charge in [-0.25, -0.2) is 0 Å². The summed E-state index contributed by atoms with van der Waals surface area (Å²) in [5.41, 5.74) is 1.21. The summed E-state index contributed by atoms with van der Waals surface area (Å²) < 4.78 is 0. The third-order valence-electron chi connectivity index (χ3n) is 3.40. The van der Waals surface area contributed by atoms with E-state index in [4.69, 9.17) is 0 Å². The first-order valence-corrected chi connectivity index (χ1v) is 7.80. The van der Waals surface area contributed by atoms with Crippen LogP contribution in [0.3, 0.4) is 0 Å². The Morgan fingerprint density at radius 1 is 1.26 bits per heavy atom. The Morgan fingerprint density at radius 2 is 1.95 bits per heavy atom. The predicted molar refractivity (Wildman–Crippen MR) is 79.7 cm³/mol. The molecule has 1 N–H and O–H groups in total. The van der Waals surface area contributed by atoms with Gasteiger partial charge in [0.15, 0.2) is 5.78 Å². The Balaban J connectivity index is 1.96. The first-order chi connectivity index (χ1) is 9.16. The first kappa shape index (κ1) is 14.1. The largest absolute Gasteiger partial charge is 0.325 e. The maximum absolute atomic E-state index is 12.0. The zero-order valence-electron chi connectivity index (χ0n) is 11.1. The minimum Gasteiger partial charge on any atom is -0.325 e. The number of para-hydroxylation sites is 1. The van der Waals surface area contributed by atoms with Gasteiger partial charge in [0.25, 0.3) is 0 Å². The second kappa shape index (κ2) is 6.75. The fraction of sp³-hybridized carbons (Fsp3) is 0.467. The van der Waals surface area contributed by atoms with Crippen LogP contribution in [-0.4, -0.2) is 23.2 Å². The number of nitrogens with one attached hydrogen (secondary N) is 1. The quantitative estimate of drug-likeness (QED) is 0.858. The average Bonchev–Trinajstić information content (AvgIpc) is 2.40. The SMILES string of the molecule is CC(=O)c1ccccc1NC(=O)CC1CCSCC1. The van der Waals surface area contributed by atoms with Gasteiger partial charge in [-0.15, -0.1) is 0 Å². The second-order valence-corrected chi connectivity index (χ2v) is 6.13. The Hall–Kier alpha value is -1.29. The van der Waals surface area contributed by atoms with E-state index in [0.29, 0.717) is 23.6 Å². The summed E-state index contributed by atoms with van der Waals surface area (Å²) >= 11 is 1.96. The molecule has 1 aliphatic rings. The molecular weight excluding hydrogens is 258 g/mol. The zero-order valence-corrected chi connectivity index (χ0v) is 12.0. The molecule has 0 bridgehead atoms. The molecule has 0 unspecified atom stereocenters. The number of Topliss-reactive ketones (excluding diaryl/α,β-unsaturated/α-hetero) is 1. The highest BCUT2D eigenvalue weighted by molar-refractivity contribution is 7.99. The zero-order chi connectivity index (χ0) is 13.7. The van der Waals surface area contributed by atoms with E-state index in [9.17, 15) is 9.59 Å². The number of carbonyl (C=O) groups excluding carboxylic acids is 2. The summed E-state index contributed by atoms with van der Waals surface area (Å²) in [6.45, 7) is 1.52. The van der Waals surface area contributed by atoms with Crippen LogP contribution in [0.2, 0.25) is 0 Å². The van der Waals surface area contributed by atoms with Crippen LogP contribution < -0.4 is 5.32 Å². The maximum atomic E-state index is 12.0. The van der Waals surface area contributed by atoms with Crippen molar-refractivity contribution in [2.75, 3.05) is 16.8 Å². The van der Waals surface area contributed by atoms with Gasteiger partial charge >= 0.3 is 0 Å². The van der Waals surface area contributed by atoms with E-state index in [1.54, 1.807) is 12.1 Å². The number of ketones is 1. The van der Waals surface area contributed by atoms with Crippen LogP contribution in [0.5, 0.6) is 0 Å². The van der Waals surface area contributed by atoms with Gasteiger partial charge in [0, 0.05) is 12.0 Å². The standard InChI is InChI=1S/C15H19NO2S/c1-11(17)13-4-2-3-5-14(13)16-15(18)10-12-6-8-19-9-7-12/h2-5,12H,6-10H2,1H3,(H,16,18). The summed E-state index contributed by atoms with van der Waals surface area (Å²) in [6, 6.07) is 7.17. The van der Waals surface area contributed by atoms with Gasteiger partial charge in [-0.2, -0.15) is 11.8 Å². The first-order valence-electron chi connectivity index (χ1n) is 6.64. The van der Waals surface area contributed by atoms with E-state index >= 15 is 0 Å². The smallest absolute Gasteiger partial charge is 0.224 e. The molecule has 1 amide bonds. The molecule has 0 atom stereocenters. The van der Waals surface area contributed by atoms with Crippen LogP contribution in [0.4, 0.5) is 5.69 Å². The van der Waals surface area contributed by atoms with Gasteiger partial charge in [0.2, 0.25) is 5.91 Å². The van der Waals surface area contributed by atoms with Crippen molar-refractivity contribution >= 4 is 29.1 Å². The summed E-state index contributed by atoms with van der Waals surface area (Å²) in [5, 5.41) is 2.87. The average molecular weight is 277 g/mol. The Kier molecular flexibility index (Phi) is 5.02. The van der Waals surface area contributed by atoms with E-state index in [0.717, 1.165) is 24.3 Å². The maximum Gasteiger partial charge on any atom is 0.224 e. The minimum atomic E-state index is -0.0232. The highest BCUT2D eigenvalue weighted by atomic mass is 32.2. The Labute approximate surface area is 118 Å². The molecule has 2 rings (SSSR count). The number of rotatable bonds is 4. The van der Waals surface area contributed by atoms with E-state index in [2.05, 4.69) is 5.32 Å². The van der Waals surface area contributed by atoms with Gasteiger partial charge in [0.1, 0.15) is 0 Å². The van der Waals surface area contributed by atoms with E-state index in [-0.39, 0.29) is 11.7 Å². The molecule has 0 aliphatic carbocycles. The van der Waals surface area contributed by atoms with Crippen molar-refractivity contribution in [1.29, 1.82) is 0 Å². The molecule has 0 saturated carbocycles. The van der Waals surface area contributed by atoms with Gasteiger partial charge in [-0.05, 0) is 49.3 Å². The molecule has 1 aliphatic heterocycles. The normalized spacial score (nSPS) is 16.1. The molecule has 4 heteroatoms. The minimum absolute atomic E-state index is 0.0191. The molecule has 1 aromatic rings. The lowest BCUT2D eigenvalue weighted by molar-refractivity contribution is -0.117. The lowest BCUT2D eigenvalue weighted by atomic mass is 9.98. The second-order valence-electron chi connectivity index (χ2n) is 4.91. The molecule has 3 nitrogen and oxygen atoms in total. The Bertz CT molecular complexity index is 467. The van der Waals surface area contributed by atoms with E-state index < -0.39 is 0 Å². The van der Waals surface area contributed by atoms with Crippen molar-refractivity contribution in [2.45, 2.75) is 26.2 Å². The molecule has 1 saturated heterocycles. The van der Waals surface area contributed by atoms with Crippen LogP contribution in [0.25, 0.3) is 0 Å². The number of hydrogen-bond acceptors (Lipinski definition) is 3. The number of hydrogen-bond donors (Lipinski definition) is 1. The topological polar surface area (TPSA) is 46.2 Å². The lowest BCUT2D eigenvalue weighted by Crippen LogP contribution is -2.20. The fourth-order valence-corrected chi connectivity index (χ4v) is 3.52. The summed E-state index contributed by atoms with van der Waals surface area (Å²) in [6.07, 6.45) is 2.80. The van der Waals surface area contributed by atoms with Crippen LogP contribution in [-0.2, 0) is 4.79 Å². The van der Waals surface area contributed by atoms with Crippen molar-refractivity contribution in [1.82, 2.24) is 0 Å². The third-order valence-corrected chi connectivity index (χ3v) is 4.44. The highest BCUT2D eigenvalue weighted by Gasteiger charge is 2.18. The molecule has 19 heavy (non-hydrogen) atoms. The molecule has 1 fully saturated rings.